The van der Waals surface area contributed by atoms with Crippen LogP contribution in [0.1, 0.15) is 0 Å². The minimum absolute atomic E-state index is 0.0509. The van der Waals surface area contributed by atoms with Crippen LogP contribution >= 0.6 is 69.6 Å². The summed E-state index contributed by atoms with van der Waals surface area (Å²) in [6.45, 7) is 0. The van der Waals surface area contributed by atoms with Gasteiger partial charge in [-0.2, -0.15) is 4.99 Å². The quantitative estimate of drug-likeness (QED) is 0.156. The van der Waals surface area contributed by atoms with Gasteiger partial charge in [0.1, 0.15) is 0 Å². The monoisotopic (exact) mass is 729 g/mol. The molecule has 232 valence electrons. The molecule has 1 heterocycles. The highest BCUT2D eigenvalue weighted by Gasteiger charge is 2.42. The molecule has 12 heteroatoms. The number of carbonyl (C=O) groups is 1. The van der Waals surface area contributed by atoms with Crippen LogP contribution in [0.15, 0.2) is 137 Å². The van der Waals surface area contributed by atoms with Crippen LogP contribution in [0.4, 0.5) is 21.9 Å². The summed E-state index contributed by atoms with van der Waals surface area (Å²) in [7, 11) is 0. The van der Waals surface area contributed by atoms with Crippen LogP contribution in [0.3, 0.4) is 0 Å². The van der Waals surface area contributed by atoms with E-state index < -0.39 is 0 Å². The first kappa shape index (κ1) is 35.0. The van der Waals surface area contributed by atoms with E-state index in [1.807, 2.05) is 42.5 Å². The predicted octanol–water partition coefficient (Wildman–Crippen LogP) is 11.1. The van der Waals surface area contributed by atoms with Crippen molar-refractivity contribution in [3.05, 3.63) is 167 Å². The van der Waals surface area contributed by atoms with Crippen LogP contribution in [0.25, 0.3) is 0 Å². The number of halogens is 6. The van der Waals surface area contributed by atoms with Gasteiger partial charge in [0.25, 0.3) is 0 Å². The van der Waals surface area contributed by atoms with E-state index in [0.29, 0.717) is 47.2 Å². The second-order valence-electron chi connectivity index (χ2n) is 9.30. The van der Waals surface area contributed by atoms with Crippen LogP contribution in [0.2, 0.25) is 30.1 Å². The van der Waals surface area contributed by atoms with Crippen LogP contribution in [0, 0.1) is 0 Å². The van der Waals surface area contributed by atoms with Crippen LogP contribution in [-0.2, 0) is 4.79 Å². The Morgan fingerprint density at radius 2 is 1.17 bits per heavy atom. The summed E-state index contributed by atoms with van der Waals surface area (Å²) in [6.07, 6.45) is 11.0. The largest absolute Gasteiger partial charge is 0.334 e. The summed E-state index contributed by atoms with van der Waals surface area (Å²) in [5.74, 6) is 0. The first-order valence-electron chi connectivity index (χ1n) is 13.3. The number of nitrogens with zero attached hydrogens (tertiary/aromatic N) is 3. The molecule has 1 fully saturated rings. The summed E-state index contributed by atoms with van der Waals surface area (Å²) in [5, 5.41) is 2.45. The normalized spacial score (nSPS) is 14.5. The maximum Gasteiger partial charge on any atom is 0.334 e. The number of fused-ring (bicyclic) bond motifs is 1. The zero-order chi connectivity index (χ0) is 33.2. The van der Waals surface area contributed by atoms with Gasteiger partial charge < -0.3 is 0 Å². The molecule has 0 aromatic heterocycles. The molecule has 2 amide bonds. The number of aliphatic imine (C=N–C) groups is 1. The van der Waals surface area contributed by atoms with Crippen LogP contribution in [-0.4, -0.2) is 18.2 Å². The third kappa shape index (κ3) is 8.91. The molecule has 2 aliphatic rings. The lowest BCUT2D eigenvalue weighted by molar-refractivity contribution is 0.256. The Morgan fingerprint density at radius 3 is 1.76 bits per heavy atom. The highest BCUT2D eigenvalue weighted by Crippen LogP contribution is 2.40. The van der Waals surface area contributed by atoms with Gasteiger partial charge in [-0.1, -0.05) is 118 Å². The second-order valence-corrected chi connectivity index (χ2v) is 11.7. The molecule has 1 aliphatic carbocycles. The van der Waals surface area contributed by atoms with E-state index in [1.54, 1.807) is 70.5 Å². The number of hydrogen-bond donors (Lipinski definition) is 0. The van der Waals surface area contributed by atoms with Gasteiger partial charge >= 0.3 is 6.03 Å². The fraction of sp³-hybridized carbons (Fsp3) is 0.0294. The lowest BCUT2D eigenvalue weighted by atomic mass is 10.1. The number of hydrogen-bond acceptors (Lipinski definition) is 4. The van der Waals surface area contributed by atoms with E-state index in [-0.39, 0.29) is 17.5 Å². The SMILES string of the molecule is O=C1N(c2ccc(Cl)c(Cl)c2)C2=CC=CC=CC2N1c1ccc(Cl)c(Cl)c1.O=C=Nc1ccc(Cl)c(Cl)c1.O=c1cccccc1. The van der Waals surface area contributed by atoms with Crippen molar-refractivity contribution in [2.75, 3.05) is 9.80 Å². The number of anilines is 2. The number of isocyanates is 1. The summed E-state index contributed by atoms with van der Waals surface area (Å²) >= 11 is 35.7. The minimum Gasteiger partial charge on any atom is -0.290 e. The predicted molar refractivity (Wildman–Crippen MR) is 190 cm³/mol. The molecule has 6 rings (SSSR count). The topological polar surface area (TPSA) is 70.1 Å². The van der Waals surface area contributed by atoms with E-state index in [0.717, 1.165) is 5.70 Å². The third-order valence-corrected chi connectivity index (χ3v) is 8.51. The molecule has 6 nitrogen and oxygen atoms in total. The molecule has 4 aromatic rings. The van der Waals surface area contributed by atoms with Crippen molar-refractivity contribution in [1.29, 1.82) is 0 Å². The fourth-order valence-electron chi connectivity index (χ4n) is 4.23. The van der Waals surface area contributed by atoms with Crippen molar-refractivity contribution in [2.24, 2.45) is 4.99 Å². The van der Waals surface area contributed by atoms with Gasteiger partial charge in [-0.05, 0) is 72.8 Å². The zero-order valence-electron chi connectivity index (χ0n) is 23.5. The summed E-state index contributed by atoms with van der Waals surface area (Å²) < 4.78 is 0. The lowest BCUT2D eigenvalue weighted by Gasteiger charge is -2.21. The fourth-order valence-corrected chi connectivity index (χ4v) is 5.11. The van der Waals surface area contributed by atoms with Crippen molar-refractivity contribution in [1.82, 2.24) is 0 Å². The first-order valence-corrected chi connectivity index (χ1v) is 15.5. The first-order chi connectivity index (χ1) is 22.1. The van der Waals surface area contributed by atoms with E-state index in [2.05, 4.69) is 4.99 Å². The van der Waals surface area contributed by atoms with Gasteiger partial charge in [0.2, 0.25) is 6.08 Å². The Kier molecular flexibility index (Phi) is 12.7. The van der Waals surface area contributed by atoms with E-state index in [9.17, 15) is 14.4 Å². The molecule has 1 unspecified atom stereocenters. The van der Waals surface area contributed by atoms with Gasteiger partial charge in [0, 0.05) is 5.69 Å². The maximum atomic E-state index is 13.4. The standard InChI is InChI=1S/C20H12Cl4N2O.C7H3Cl2NO.C7H6O/c21-14-8-6-12(10-16(14)23)25-18-4-2-1-3-5-19(18)26(20(25)27)13-7-9-15(22)17(24)11-13;8-6-2-1-5(10-4-11)3-7(6)9;8-7-5-3-1-2-4-6-7/h1-11,18H;1-3H;1-6H. The molecule has 1 saturated heterocycles. The summed E-state index contributed by atoms with van der Waals surface area (Å²) in [5.41, 5.74) is 2.59. The smallest absolute Gasteiger partial charge is 0.290 e. The van der Waals surface area contributed by atoms with Gasteiger partial charge in [-0.15, -0.1) is 0 Å². The number of benzene rings is 3. The molecular formula is C34H21Cl6N3O3. The van der Waals surface area contributed by atoms with Gasteiger partial charge in [-0.3, -0.25) is 14.6 Å². The van der Waals surface area contributed by atoms with Crippen LogP contribution in [0.5, 0.6) is 0 Å². The molecule has 46 heavy (non-hydrogen) atoms. The zero-order valence-corrected chi connectivity index (χ0v) is 28.0. The maximum absolute atomic E-state index is 13.4. The van der Waals surface area contributed by atoms with Crippen molar-refractivity contribution in [2.45, 2.75) is 6.04 Å². The molecule has 0 N–H and O–H groups in total. The van der Waals surface area contributed by atoms with Crippen molar-refractivity contribution in [3.8, 4) is 0 Å². The second kappa shape index (κ2) is 16.6. The number of urea groups is 1. The molecular weight excluding hydrogens is 711 g/mol. The molecule has 0 bridgehead atoms. The lowest BCUT2D eigenvalue weighted by Crippen LogP contribution is -2.34. The minimum atomic E-state index is -0.292. The number of allylic oxidation sites excluding steroid dienone is 4. The Labute approximate surface area is 295 Å². The number of rotatable bonds is 3. The highest BCUT2D eigenvalue weighted by molar-refractivity contribution is 6.43. The van der Waals surface area contributed by atoms with Gasteiger partial charge in [-0.25, -0.2) is 9.59 Å². The Hall–Kier alpha value is -3.84. The van der Waals surface area contributed by atoms with E-state index in [1.165, 1.54) is 24.3 Å². The van der Waals surface area contributed by atoms with Crippen molar-refractivity contribution >= 4 is 98.8 Å². The van der Waals surface area contributed by atoms with Gasteiger partial charge in [0.05, 0.1) is 53.2 Å². The molecule has 0 saturated carbocycles. The van der Waals surface area contributed by atoms with E-state index >= 15 is 0 Å². The highest BCUT2D eigenvalue weighted by atomic mass is 35.5. The number of amides is 2. The Balaban J connectivity index is 0.000000206. The van der Waals surface area contributed by atoms with E-state index in [4.69, 9.17) is 69.6 Å². The van der Waals surface area contributed by atoms with Crippen LogP contribution < -0.4 is 15.2 Å². The molecule has 1 atom stereocenters. The Morgan fingerprint density at radius 1 is 0.609 bits per heavy atom. The average Bonchev–Trinajstić information content (AvgIpc) is 3.25. The molecule has 4 aromatic carbocycles. The molecule has 0 spiro atoms. The van der Waals surface area contributed by atoms with Gasteiger partial charge in [0.15, 0.2) is 5.43 Å². The van der Waals surface area contributed by atoms with Crippen molar-refractivity contribution in [3.63, 3.8) is 0 Å². The average molecular weight is 732 g/mol. The molecule has 0 radical (unpaired) electrons. The third-order valence-electron chi connectivity index (χ3n) is 6.29. The Bertz CT molecular complexity index is 1940. The van der Waals surface area contributed by atoms with Crippen molar-refractivity contribution < 1.29 is 9.59 Å². The number of carbonyl (C=O) groups excluding carboxylic acids is 2. The molecule has 1 aliphatic heterocycles. The summed E-state index contributed by atoms with van der Waals surface area (Å²) in [6, 6.07) is 24.5. The summed E-state index contributed by atoms with van der Waals surface area (Å²) in [4.78, 5) is 40.3.